The molecule has 2 heterocycles. The zero-order valence-corrected chi connectivity index (χ0v) is 26.8. The number of hydrogen-bond donors (Lipinski definition) is 2. The van der Waals surface area contributed by atoms with Gasteiger partial charge in [0.1, 0.15) is 5.75 Å². The molecule has 6 heteroatoms. The molecule has 1 aromatic heterocycles. The molecule has 50 heavy (non-hydrogen) atoms. The summed E-state index contributed by atoms with van der Waals surface area (Å²) < 4.78 is 6.54. The molecule has 1 spiro atoms. The SMILES string of the molecule is Nc1cc(N)c2c(c1)C1(c3ccccc3O2)c2ccccc2-c2cc3ccc(-c4nc(-c5ccccc5)nc(-c5ccccc5)n4)cc3cc21. The highest BCUT2D eigenvalue weighted by molar-refractivity contribution is 5.98. The summed E-state index contributed by atoms with van der Waals surface area (Å²) in [5.41, 5.74) is 23.0. The topological polar surface area (TPSA) is 99.9 Å². The van der Waals surface area contributed by atoms with E-state index in [1.807, 2.05) is 78.9 Å². The number of fused-ring (bicyclic) bond motifs is 10. The molecule has 0 radical (unpaired) electrons. The van der Waals surface area contributed by atoms with E-state index in [0.717, 1.165) is 49.9 Å². The Kier molecular flexibility index (Phi) is 5.99. The molecule has 1 unspecified atom stereocenters. The summed E-state index contributed by atoms with van der Waals surface area (Å²) in [7, 11) is 0. The fraction of sp³-hybridized carbons (Fsp3) is 0.0227. The summed E-state index contributed by atoms with van der Waals surface area (Å²) in [6.45, 7) is 0. The minimum Gasteiger partial charge on any atom is -0.455 e. The van der Waals surface area contributed by atoms with Gasteiger partial charge in [0.15, 0.2) is 23.2 Å². The lowest BCUT2D eigenvalue weighted by Crippen LogP contribution is -2.32. The van der Waals surface area contributed by atoms with Gasteiger partial charge in [-0.15, -0.1) is 0 Å². The number of aromatic nitrogens is 3. The Hall–Kier alpha value is -6.79. The predicted octanol–water partition coefficient (Wildman–Crippen LogP) is 9.66. The van der Waals surface area contributed by atoms with E-state index in [9.17, 15) is 0 Å². The van der Waals surface area contributed by atoms with Crippen molar-refractivity contribution in [2.75, 3.05) is 11.5 Å². The molecule has 0 saturated carbocycles. The van der Waals surface area contributed by atoms with Crippen LogP contribution >= 0.6 is 0 Å². The number of rotatable bonds is 3. The molecule has 8 aromatic rings. The van der Waals surface area contributed by atoms with E-state index in [1.165, 1.54) is 16.7 Å². The number of anilines is 2. The summed E-state index contributed by atoms with van der Waals surface area (Å²) in [6.07, 6.45) is 0. The number of para-hydroxylation sites is 1. The zero-order valence-electron chi connectivity index (χ0n) is 26.8. The normalized spacial score (nSPS) is 15.2. The van der Waals surface area contributed by atoms with Crippen LogP contribution in [-0.4, -0.2) is 15.0 Å². The second kappa shape index (κ2) is 10.6. The number of hydrogen-bond acceptors (Lipinski definition) is 6. The first-order valence-corrected chi connectivity index (χ1v) is 16.6. The third-order valence-electron chi connectivity index (χ3n) is 10.0. The molecular weight excluding hydrogens is 615 g/mol. The van der Waals surface area contributed by atoms with Gasteiger partial charge in [0.25, 0.3) is 0 Å². The van der Waals surface area contributed by atoms with E-state index < -0.39 is 5.41 Å². The molecule has 0 bridgehead atoms. The Bertz CT molecular complexity index is 2600. The largest absolute Gasteiger partial charge is 0.455 e. The van der Waals surface area contributed by atoms with Gasteiger partial charge in [0, 0.05) is 33.5 Å². The van der Waals surface area contributed by atoms with E-state index in [-0.39, 0.29) is 0 Å². The summed E-state index contributed by atoms with van der Waals surface area (Å²) in [5, 5.41) is 2.19. The van der Waals surface area contributed by atoms with Gasteiger partial charge in [-0.05, 0) is 69.4 Å². The monoisotopic (exact) mass is 643 g/mol. The summed E-state index contributed by atoms with van der Waals surface area (Å²) >= 11 is 0. The Labute approximate surface area is 288 Å². The smallest absolute Gasteiger partial charge is 0.164 e. The minimum absolute atomic E-state index is 0.515. The molecule has 10 rings (SSSR count). The Balaban J connectivity index is 1.23. The van der Waals surface area contributed by atoms with Crippen molar-refractivity contribution in [1.82, 2.24) is 15.0 Å². The fourth-order valence-corrected chi connectivity index (χ4v) is 7.87. The van der Waals surface area contributed by atoms with Crippen molar-refractivity contribution in [2.45, 2.75) is 5.41 Å². The van der Waals surface area contributed by atoms with E-state index in [2.05, 4.69) is 66.7 Å². The number of nitrogens with zero attached hydrogens (tertiary/aromatic N) is 3. The highest BCUT2D eigenvalue weighted by atomic mass is 16.5. The highest BCUT2D eigenvalue weighted by Crippen LogP contribution is 2.63. The first-order valence-electron chi connectivity index (χ1n) is 16.6. The van der Waals surface area contributed by atoms with Crippen LogP contribution in [0.5, 0.6) is 11.5 Å². The molecule has 4 N–H and O–H groups in total. The molecule has 1 aliphatic carbocycles. The van der Waals surface area contributed by atoms with Gasteiger partial charge < -0.3 is 16.2 Å². The van der Waals surface area contributed by atoms with Crippen LogP contribution in [0.25, 0.3) is 56.1 Å². The molecule has 0 saturated heterocycles. The molecule has 6 nitrogen and oxygen atoms in total. The molecule has 2 aliphatic rings. The van der Waals surface area contributed by atoms with Crippen molar-refractivity contribution >= 4 is 22.1 Å². The summed E-state index contributed by atoms with van der Waals surface area (Å²) in [4.78, 5) is 14.9. The number of nitrogens with two attached hydrogens (primary N) is 2. The summed E-state index contributed by atoms with van der Waals surface area (Å²) in [6, 6.07) is 51.8. The molecule has 0 amide bonds. The number of nitrogen functional groups attached to an aromatic ring is 2. The third kappa shape index (κ3) is 4.05. The summed E-state index contributed by atoms with van der Waals surface area (Å²) in [5.74, 6) is 3.29. The predicted molar refractivity (Wildman–Crippen MR) is 200 cm³/mol. The maximum Gasteiger partial charge on any atom is 0.164 e. The first kappa shape index (κ1) is 28.2. The number of benzene rings is 7. The lowest BCUT2D eigenvalue weighted by molar-refractivity contribution is 0.439. The van der Waals surface area contributed by atoms with Crippen LogP contribution in [-0.2, 0) is 5.41 Å². The van der Waals surface area contributed by atoms with Crippen LogP contribution < -0.4 is 16.2 Å². The standard InChI is InChI=1S/C44H29N5O/c45-31-24-37-40(38(46)25-31)50-39-18-10-9-17-35(39)44(37)34-16-8-7-15-32(34)33-22-28-19-20-29(21-30(28)23-36(33)44)43-48-41(26-11-3-1-4-12-26)47-42(49-43)27-13-5-2-6-14-27/h1-25H,45-46H2. The van der Waals surface area contributed by atoms with Crippen LogP contribution in [0.15, 0.2) is 152 Å². The average molecular weight is 644 g/mol. The second-order valence-electron chi connectivity index (χ2n) is 12.9. The Morgan fingerprint density at radius 3 is 1.78 bits per heavy atom. The lowest BCUT2D eigenvalue weighted by atomic mass is 9.65. The van der Waals surface area contributed by atoms with Crippen molar-refractivity contribution in [3.8, 4) is 56.8 Å². The Morgan fingerprint density at radius 2 is 1.06 bits per heavy atom. The average Bonchev–Trinajstić information content (AvgIpc) is 3.44. The van der Waals surface area contributed by atoms with E-state index in [0.29, 0.717) is 34.6 Å². The van der Waals surface area contributed by atoms with E-state index in [1.54, 1.807) is 6.07 Å². The highest BCUT2D eigenvalue weighted by Gasteiger charge is 2.51. The van der Waals surface area contributed by atoms with Crippen LogP contribution in [0.1, 0.15) is 22.3 Å². The van der Waals surface area contributed by atoms with Crippen molar-refractivity contribution in [1.29, 1.82) is 0 Å². The molecule has 7 aromatic carbocycles. The molecular formula is C44H29N5O. The van der Waals surface area contributed by atoms with E-state index >= 15 is 0 Å². The van der Waals surface area contributed by atoms with Crippen LogP contribution in [0.2, 0.25) is 0 Å². The van der Waals surface area contributed by atoms with Crippen LogP contribution in [0.3, 0.4) is 0 Å². The quantitative estimate of drug-likeness (QED) is 0.186. The fourth-order valence-electron chi connectivity index (χ4n) is 7.87. The van der Waals surface area contributed by atoms with Crippen LogP contribution in [0.4, 0.5) is 11.4 Å². The maximum atomic E-state index is 6.65. The van der Waals surface area contributed by atoms with Crippen LogP contribution in [0, 0.1) is 0 Å². The van der Waals surface area contributed by atoms with Crippen molar-refractivity contribution in [3.05, 3.63) is 174 Å². The lowest BCUT2D eigenvalue weighted by Gasteiger charge is -2.40. The van der Waals surface area contributed by atoms with Gasteiger partial charge >= 0.3 is 0 Å². The van der Waals surface area contributed by atoms with Gasteiger partial charge in [-0.1, -0.05) is 115 Å². The minimum atomic E-state index is -0.697. The second-order valence-corrected chi connectivity index (χ2v) is 12.9. The maximum absolute atomic E-state index is 6.65. The van der Waals surface area contributed by atoms with Crippen molar-refractivity contribution in [3.63, 3.8) is 0 Å². The number of ether oxygens (including phenoxy) is 1. The van der Waals surface area contributed by atoms with E-state index in [4.69, 9.17) is 31.2 Å². The van der Waals surface area contributed by atoms with Gasteiger partial charge in [-0.25, -0.2) is 15.0 Å². The third-order valence-corrected chi connectivity index (χ3v) is 10.0. The molecule has 236 valence electrons. The van der Waals surface area contributed by atoms with Crippen molar-refractivity contribution < 1.29 is 4.74 Å². The van der Waals surface area contributed by atoms with Gasteiger partial charge in [0.2, 0.25) is 0 Å². The van der Waals surface area contributed by atoms with Crippen molar-refractivity contribution in [2.24, 2.45) is 0 Å². The molecule has 1 atom stereocenters. The van der Waals surface area contributed by atoms with Gasteiger partial charge in [0.05, 0.1) is 11.1 Å². The Morgan fingerprint density at radius 1 is 0.440 bits per heavy atom. The molecule has 1 aliphatic heterocycles. The first-order chi connectivity index (χ1) is 24.6. The van der Waals surface area contributed by atoms with Gasteiger partial charge in [-0.2, -0.15) is 0 Å². The zero-order chi connectivity index (χ0) is 33.4. The van der Waals surface area contributed by atoms with Gasteiger partial charge in [-0.3, -0.25) is 0 Å². The molecule has 0 fully saturated rings.